The van der Waals surface area contributed by atoms with Crippen molar-refractivity contribution in [1.29, 1.82) is 0 Å². The Bertz CT molecular complexity index is 166. The summed E-state index contributed by atoms with van der Waals surface area (Å²) in [6.07, 6.45) is 5.12. The molecule has 0 aromatic carbocycles. The molecule has 0 saturated heterocycles. The largest absolute Gasteiger partial charge is 0.381 e. The third-order valence-electron chi connectivity index (χ3n) is 4.13. The highest BCUT2D eigenvalue weighted by Crippen LogP contribution is 2.27. The van der Waals surface area contributed by atoms with E-state index in [9.17, 15) is 0 Å². The zero-order valence-corrected chi connectivity index (χ0v) is 10.4. The van der Waals surface area contributed by atoms with E-state index in [-0.39, 0.29) is 0 Å². The van der Waals surface area contributed by atoms with Gasteiger partial charge in [0, 0.05) is 19.7 Å². The lowest BCUT2D eigenvalue weighted by atomic mass is 9.81. The number of hydrogen-bond donors (Lipinski definition) is 2. The van der Waals surface area contributed by atoms with E-state index in [0.29, 0.717) is 17.6 Å². The Hall–Kier alpha value is -0.120. The van der Waals surface area contributed by atoms with Crippen LogP contribution in [0.3, 0.4) is 0 Å². The van der Waals surface area contributed by atoms with E-state index in [2.05, 4.69) is 19.2 Å². The topological polar surface area (TPSA) is 47.3 Å². The molecular formula is C12H26N2O. The highest BCUT2D eigenvalue weighted by molar-refractivity contribution is 4.89. The lowest BCUT2D eigenvalue weighted by Crippen LogP contribution is -2.50. The molecule has 3 heteroatoms. The fourth-order valence-corrected chi connectivity index (χ4v) is 2.15. The summed E-state index contributed by atoms with van der Waals surface area (Å²) in [7, 11) is 1.79. The van der Waals surface area contributed by atoms with Crippen molar-refractivity contribution < 1.29 is 4.74 Å². The van der Waals surface area contributed by atoms with Crippen molar-refractivity contribution in [3.05, 3.63) is 0 Å². The average Bonchev–Trinajstić information content (AvgIpc) is 2.23. The Morgan fingerprint density at radius 2 is 1.93 bits per heavy atom. The molecule has 0 amide bonds. The van der Waals surface area contributed by atoms with Crippen LogP contribution in [0.25, 0.3) is 0 Å². The van der Waals surface area contributed by atoms with E-state index in [1.807, 2.05) is 0 Å². The Morgan fingerprint density at radius 1 is 1.33 bits per heavy atom. The minimum absolute atomic E-state index is 0.304. The van der Waals surface area contributed by atoms with Crippen LogP contribution in [0.2, 0.25) is 0 Å². The quantitative estimate of drug-likeness (QED) is 0.675. The van der Waals surface area contributed by atoms with Crippen LogP contribution in [0.1, 0.15) is 39.5 Å². The van der Waals surface area contributed by atoms with E-state index in [0.717, 1.165) is 38.8 Å². The third kappa shape index (κ3) is 3.16. The standard InChI is InChI=1S/C12H26N2O/c1-4-12(5-2,8-13)9-14-10-6-11(7-10)15-3/h10-11,14H,4-9,13H2,1-3H3. The predicted octanol–water partition coefficient (Wildman–Crippen LogP) is 1.52. The van der Waals surface area contributed by atoms with Crippen LogP contribution in [0.4, 0.5) is 0 Å². The maximum atomic E-state index is 5.86. The minimum atomic E-state index is 0.304. The Morgan fingerprint density at radius 3 is 2.33 bits per heavy atom. The van der Waals surface area contributed by atoms with Crippen molar-refractivity contribution in [1.82, 2.24) is 5.32 Å². The first kappa shape index (κ1) is 12.9. The monoisotopic (exact) mass is 214 g/mol. The van der Waals surface area contributed by atoms with Gasteiger partial charge in [-0.25, -0.2) is 0 Å². The molecule has 3 nitrogen and oxygen atoms in total. The van der Waals surface area contributed by atoms with Gasteiger partial charge in [0.15, 0.2) is 0 Å². The van der Waals surface area contributed by atoms with Gasteiger partial charge in [0.05, 0.1) is 6.10 Å². The van der Waals surface area contributed by atoms with Gasteiger partial charge in [0.2, 0.25) is 0 Å². The summed E-state index contributed by atoms with van der Waals surface area (Å²) < 4.78 is 5.26. The van der Waals surface area contributed by atoms with Gasteiger partial charge >= 0.3 is 0 Å². The van der Waals surface area contributed by atoms with E-state index in [1.54, 1.807) is 7.11 Å². The van der Waals surface area contributed by atoms with E-state index < -0.39 is 0 Å². The molecule has 0 spiro atoms. The summed E-state index contributed by atoms with van der Waals surface area (Å²) in [4.78, 5) is 0. The molecule has 1 fully saturated rings. The van der Waals surface area contributed by atoms with Crippen molar-refractivity contribution >= 4 is 0 Å². The van der Waals surface area contributed by atoms with Gasteiger partial charge in [-0.2, -0.15) is 0 Å². The number of rotatable bonds is 7. The van der Waals surface area contributed by atoms with Crippen LogP contribution < -0.4 is 11.1 Å². The normalized spacial score (nSPS) is 26.4. The number of ether oxygens (including phenoxy) is 1. The summed E-state index contributed by atoms with van der Waals surface area (Å²) >= 11 is 0. The zero-order chi connectivity index (χ0) is 11.3. The van der Waals surface area contributed by atoms with Crippen LogP contribution in [0.5, 0.6) is 0 Å². The van der Waals surface area contributed by atoms with Crippen LogP contribution in [-0.2, 0) is 4.74 Å². The molecule has 0 bridgehead atoms. The fraction of sp³-hybridized carbons (Fsp3) is 1.00. The molecule has 0 aliphatic heterocycles. The Balaban J connectivity index is 2.23. The van der Waals surface area contributed by atoms with Gasteiger partial charge in [-0.05, 0) is 37.6 Å². The zero-order valence-electron chi connectivity index (χ0n) is 10.4. The first-order chi connectivity index (χ1) is 7.19. The Kier molecular flexibility index (Phi) is 5.03. The summed E-state index contributed by atoms with van der Waals surface area (Å²) in [5.41, 5.74) is 6.17. The lowest BCUT2D eigenvalue weighted by Gasteiger charge is -2.39. The first-order valence-corrected chi connectivity index (χ1v) is 6.16. The molecule has 3 N–H and O–H groups in total. The summed E-state index contributed by atoms with van der Waals surface area (Å²) in [5.74, 6) is 0. The summed E-state index contributed by atoms with van der Waals surface area (Å²) in [6, 6.07) is 0.652. The molecule has 90 valence electrons. The van der Waals surface area contributed by atoms with E-state index >= 15 is 0 Å². The second-order valence-electron chi connectivity index (χ2n) is 4.82. The maximum Gasteiger partial charge on any atom is 0.0601 e. The predicted molar refractivity (Wildman–Crippen MR) is 63.9 cm³/mol. The summed E-state index contributed by atoms with van der Waals surface area (Å²) in [5, 5.41) is 3.62. The van der Waals surface area contributed by atoms with Crippen LogP contribution in [0, 0.1) is 5.41 Å². The SMILES string of the molecule is CCC(CC)(CN)CNC1CC(OC)C1. The average molecular weight is 214 g/mol. The molecule has 0 unspecified atom stereocenters. The fourth-order valence-electron chi connectivity index (χ4n) is 2.15. The minimum Gasteiger partial charge on any atom is -0.381 e. The molecule has 1 saturated carbocycles. The second kappa shape index (κ2) is 5.83. The van der Waals surface area contributed by atoms with Crippen LogP contribution in [0.15, 0.2) is 0 Å². The first-order valence-electron chi connectivity index (χ1n) is 6.16. The number of nitrogens with two attached hydrogens (primary N) is 1. The van der Waals surface area contributed by atoms with Gasteiger partial charge in [-0.15, -0.1) is 0 Å². The third-order valence-corrected chi connectivity index (χ3v) is 4.13. The Labute approximate surface area is 93.8 Å². The molecule has 0 aromatic rings. The van der Waals surface area contributed by atoms with Gasteiger partial charge < -0.3 is 15.8 Å². The van der Waals surface area contributed by atoms with E-state index in [4.69, 9.17) is 10.5 Å². The van der Waals surface area contributed by atoms with Gasteiger partial charge in [-0.3, -0.25) is 0 Å². The number of methoxy groups -OCH3 is 1. The second-order valence-corrected chi connectivity index (χ2v) is 4.82. The van der Waals surface area contributed by atoms with E-state index in [1.165, 1.54) is 0 Å². The molecule has 1 rings (SSSR count). The van der Waals surface area contributed by atoms with Crippen molar-refractivity contribution in [2.75, 3.05) is 20.2 Å². The number of hydrogen-bond acceptors (Lipinski definition) is 3. The van der Waals surface area contributed by atoms with Crippen molar-refractivity contribution in [3.8, 4) is 0 Å². The maximum absolute atomic E-state index is 5.86. The van der Waals surface area contributed by atoms with Crippen LogP contribution >= 0.6 is 0 Å². The molecule has 1 aliphatic rings. The molecule has 1 aliphatic carbocycles. The molecule has 0 aromatic heterocycles. The van der Waals surface area contributed by atoms with Crippen LogP contribution in [-0.4, -0.2) is 32.3 Å². The molecule has 0 radical (unpaired) electrons. The van der Waals surface area contributed by atoms with Crippen molar-refractivity contribution in [2.24, 2.45) is 11.1 Å². The van der Waals surface area contributed by atoms with Crippen molar-refractivity contribution in [2.45, 2.75) is 51.7 Å². The molecular weight excluding hydrogens is 188 g/mol. The highest BCUT2D eigenvalue weighted by atomic mass is 16.5. The highest BCUT2D eigenvalue weighted by Gasteiger charge is 2.31. The molecule has 0 heterocycles. The van der Waals surface area contributed by atoms with Gasteiger partial charge in [0.25, 0.3) is 0 Å². The molecule has 15 heavy (non-hydrogen) atoms. The number of nitrogens with one attached hydrogen (secondary N) is 1. The summed E-state index contributed by atoms with van der Waals surface area (Å²) in [6.45, 7) is 6.30. The van der Waals surface area contributed by atoms with Gasteiger partial charge in [-0.1, -0.05) is 13.8 Å². The molecule has 0 atom stereocenters. The smallest absolute Gasteiger partial charge is 0.0601 e. The lowest BCUT2D eigenvalue weighted by molar-refractivity contribution is 0.0139. The van der Waals surface area contributed by atoms with Gasteiger partial charge in [0.1, 0.15) is 0 Å². The van der Waals surface area contributed by atoms with Crippen molar-refractivity contribution in [3.63, 3.8) is 0 Å².